The SMILES string of the molecule is C1CCOC1.[Al+3].[BH4-].[BH4-].[BH4-]. The van der Waals surface area contributed by atoms with E-state index >= 15 is 0 Å². The Morgan fingerprint density at radius 1 is 0.778 bits per heavy atom. The second-order valence-electron chi connectivity index (χ2n) is 1.32. The molecule has 0 spiro atoms. The Morgan fingerprint density at radius 2 is 1.11 bits per heavy atom. The molecule has 0 aliphatic carbocycles. The van der Waals surface area contributed by atoms with Crippen molar-refractivity contribution in [3.05, 3.63) is 0 Å². The van der Waals surface area contributed by atoms with E-state index in [2.05, 4.69) is 0 Å². The summed E-state index contributed by atoms with van der Waals surface area (Å²) in [5.74, 6) is 0. The van der Waals surface area contributed by atoms with Crippen molar-refractivity contribution in [1.29, 1.82) is 0 Å². The summed E-state index contributed by atoms with van der Waals surface area (Å²) in [6.45, 7) is 2.00. The van der Waals surface area contributed by atoms with Crippen LogP contribution >= 0.6 is 0 Å². The van der Waals surface area contributed by atoms with Gasteiger partial charge in [-0.05, 0) is 12.8 Å². The molecule has 9 heavy (non-hydrogen) atoms. The molecule has 1 fully saturated rings. The van der Waals surface area contributed by atoms with Gasteiger partial charge in [-0.2, -0.15) is 0 Å². The van der Waals surface area contributed by atoms with Crippen LogP contribution in [0.1, 0.15) is 12.8 Å². The van der Waals surface area contributed by atoms with Crippen LogP contribution in [0, 0.1) is 0 Å². The third-order valence-corrected chi connectivity index (χ3v) is 0.827. The van der Waals surface area contributed by atoms with Crippen LogP contribution in [0.5, 0.6) is 0 Å². The predicted molar refractivity (Wildman–Crippen MR) is 59.8 cm³/mol. The molecule has 0 amide bonds. The average Bonchev–Trinajstić information content (AvgIpc) is 1.76. The third-order valence-electron chi connectivity index (χ3n) is 0.827. The minimum atomic E-state index is 0. The van der Waals surface area contributed by atoms with Gasteiger partial charge in [-0.15, -0.1) is 0 Å². The van der Waals surface area contributed by atoms with Gasteiger partial charge < -0.3 is 4.74 Å². The van der Waals surface area contributed by atoms with Gasteiger partial charge in [0.15, 0.2) is 0 Å². The summed E-state index contributed by atoms with van der Waals surface area (Å²) >= 11 is 0. The van der Waals surface area contributed by atoms with Crippen molar-refractivity contribution in [3.63, 3.8) is 0 Å². The van der Waals surface area contributed by atoms with Gasteiger partial charge in [0.25, 0.3) is 0 Å². The Kier molecular flexibility index (Phi) is 39.9. The molecule has 0 aromatic rings. The Balaban J connectivity index is -0.0000000312. The maximum Gasteiger partial charge on any atom is 3.00 e. The van der Waals surface area contributed by atoms with Crippen LogP contribution in [0.25, 0.3) is 0 Å². The summed E-state index contributed by atoms with van der Waals surface area (Å²) in [4.78, 5) is 0. The van der Waals surface area contributed by atoms with Gasteiger partial charge in [0.1, 0.15) is 0 Å². The summed E-state index contributed by atoms with van der Waals surface area (Å²) in [6, 6.07) is 0. The van der Waals surface area contributed by atoms with Crippen molar-refractivity contribution < 1.29 is 4.74 Å². The quantitative estimate of drug-likeness (QED) is 0.315. The molecule has 0 radical (unpaired) electrons. The molecule has 1 aliphatic rings. The van der Waals surface area contributed by atoms with E-state index < -0.39 is 0 Å². The summed E-state index contributed by atoms with van der Waals surface area (Å²) in [5.41, 5.74) is 0. The molecule has 5 heteroatoms. The average molecular weight is 144 g/mol. The van der Waals surface area contributed by atoms with Gasteiger partial charge >= 0.3 is 17.4 Å². The number of ether oxygens (including phenoxy) is 1. The molecular formula is C4H20AlB3O. The van der Waals surface area contributed by atoms with Gasteiger partial charge in [0.05, 0.1) is 0 Å². The Morgan fingerprint density at radius 3 is 1.22 bits per heavy atom. The fraction of sp³-hybridized carbons (Fsp3) is 1.00. The molecule has 54 valence electrons. The van der Waals surface area contributed by atoms with E-state index in [0.29, 0.717) is 0 Å². The molecular weight excluding hydrogens is 123 g/mol. The van der Waals surface area contributed by atoms with Crippen molar-refractivity contribution in [3.8, 4) is 0 Å². The Labute approximate surface area is 73.8 Å². The van der Waals surface area contributed by atoms with Crippen LogP contribution < -0.4 is 0 Å². The first-order valence-corrected chi connectivity index (χ1v) is 2.08. The van der Waals surface area contributed by atoms with Crippen molar-refractivity contribution in [2.75, 3.05) is 13.2 Å². The van der Waals surface area contributed by atoms with Crippen LogP contribution in [0.15, 0.2) is 0 Å². The summed E-state index contributed by atoms with van der Waals surface area (Å²) in [5, 5.41) is 0. The molecule has 0 aromatic heterocycles. The maximum absolute atomic E-state index is 4.94. The smallest absolute Gasteiger partial charge is 0.381 e. The maximum atomic E-state index is 4.94. The Hall–Kier alpha value is 0.687. The van der Waals surface area contributed by atoms with Crippen LogP contribution in [0.2, 0.25) is 0 Å². The Bertz CT molecular complexity index is 27.4. The minimum absolute atomic E-state index is 0. The number of hydrogen-bond donors (Lipinski definition) is 0. The topological polar surface area (TPSA) is 9.23 Å². The molecule has 0 atom stereocenters. The van der Waals surface area contributed by atoms with Crippen LogP contribution in [-0.2, 0) is 4.74 Å². The minimum Gasteiger partial charge on any atom is -0.381 e. The zero-order valence-corrected chi connectivity index (χ0v) is 4.97. The largest absolute Gasteiger partial charge is 3.00 e. The first kappa shape index (κ1) is 22.6. The molecule has 1 rings (SSSR count). The van der Waals surface area contributed by atoms with Gasteiger partial charge in [-0.25, -0.2) is 0 Å². The molecule has 1 aliphatic heterocycles. The van der Waals surface area contributed by atoms with Gasteiger partial charge in [0, 0.05) is 13.2 Å². The second kappa shape index (κ2) is 15.9. The second-order valence-corrected chi connectivity index (χ2v) is 1.32. The van der Waals surface area contributed by atoms with Gasteiger partial charge in [-0.3, -0.25) is 0 Å². The summed E-state index contributed by atoms with van der Waals surface area (Å²) in [6.07, 6.45) is 2.56. The van der Waals surface area contributed by atoms with E-state index in [1.807, 2.05) is 0 Å². The van der Waals surface area contributed by atoms with E-state index in [-0.39, 0.29) is 42.6 Å². The van der Waals surface area contributed by atoms with Crippen molar-refractivity contribution in [2.24, 2.45) is 0 Å². The first-order chi connectivity index (χ1) is 2.50. The monoisotopic (exact) mass is 144 g/mol. The zero-order valence-electron chi connectivity index (χ0n) is 3.81. The third kappa shape index (κ3) is 12.0. The zero-order chi connectivity index (χ0) is 3.54. The molecule has 1 nitrogen and oxygen atoms in total. The fourth-order valence-electron chi connectivity index (χ4n) is 0.510. The normalized spacial score (nSPS) is 13.3. The van der Waals surface area contributed by atoms with E-state index in [4.69, 9.17) is 4.74 Å². The summed E-state index contributed by atoms with van der Waals surface area (Å²) in [7, 11) is 0. The molecule has 0 saturated carbocycles. The van der Waals surface area contributed by atoms with Crippen molar-refractivity contribution in [2.45, 2.75) is 12.8 Å². The molecule has 1 heterocycles. The van der Waals surface area contributed by atoms with Crippen LogP contribution in [0.3, 0.4) is 0 Å². The molecule has 0 N–H and O–H groups in total. The number of rotatable bonds is 0. The van der Waals surface area contributed by atoms with Crippen molar-refractivity contribution in [1.82, 2.24) is 0 Å². The molecule has 0 bridgehead atoms. The van der Waals surface area contributed by atoms with Crippen LogP contribution in [0.4, 0.5) is 0 Å². The van der Waals surface area contributed by atoms with Gasteiger partial charge in [-0.1, -0.05) is 25.2 Å². The van der Waals surface area contributed by atoms with Gasteiger partial charge in [0.2, 0.25) is 0 Å². The van der Waals surface area contributed by atoms with E-state index in [1.165, 1.54) is 12.8 Å². The van der Waals surface area contributed by atoms with Crippen molar-refractivity contribution >= 4 is 42.6 Å². The standard InChI is InChI=1S/C4H8O.Al.3BH4/c1-2-4-5-3-1;;;;/h1-4H2;;3*1H4/q;+3;3*-1. The molecule has 0 aromatic carbocycles. The van der Waals surface area contributed by atoms with Crippen LogP contribution in [-0.4, -0.2) is 55.8 Å². The molecule has 1 saturated heterocycles. The van der Waals surface area contributed by atoms with E-state index in [1.54, 1.807) is 0 Å². The fourth-order valence-corrected chi connectivity index (χ4v) is 0.510. The molecule has 0 unspecified atom stereocenters. The number of hydrogen-bond acceptors (Lipinski definition) is 1. The van der Waals surface area contributed by atoms with E-state index in [0.717, 1.165) is 13.2 Å². The predicted octanol–water partition coefficient (Wildman–Crippen LogP) is -3.94. The summed E-state index contributed by atoms with van der Waals surface area (Å²) < 4.78 is 4.94. The first-order valence-electron chi connectivity index (χ1n) is 2.08. The van der Waals surface area contributed by atoms with E-state index in [9.17, 15) is 0 Å².